The van der Waals surface area contributed by atoms with Crippen molar-refractivity contribution in [3.05, 3.63) is 77.1 Å². The molecule has 0 aliphatic heterocycles. The van der Waals surface area contributed by atoms with Crippen LogP contribution < -0.4 is 10.6 Å². The smallest absolute Gasteiger partial charge is 0.226 e. The fourth-order valence-corrected chi connectivity index (χ4v) is 3.30. The highest BCUT2D eigenvalue weighted by Gasteiger charge is 2.39. The first-order valence-corrected chi connectivity index (χ1v) is 9.33. The van der Waals surface area contributed by atoms with Crippen LogP contribution in [0.1, 0.15) is 23.6 Å². The largest absolute Gasteiger partial charge is 0.444 e. The van der Waals surface area contributed by atoms with E-state index in [1.807, 2.05) is 48.5 Å². The van der Waals surface area contributed by atoms with Gasteiger partial charge >= 0.3 is 0 Å². The molecule has 0 radical (unpaired) electrons. The predicted octanol–water partition coefficient (Wildman–Crippen LogP) is 4.83. The number of hydrogen-bond donors (Lipinski definition) is 2. The van der Waals surface area contributed by atoms with Crippen LogP contribution in [0.3, 0.4) is 0 Å². The summed E-state index contributed by atoms with van der Waals surface area (Å²) >= 11 is 6.09. The van der Waals surface area contributed by atoms with Crippen molar-refractivity contribution in [2.24, 2.45) is 4.99 Å². The summed E-state index contributed by atoms with van der Waals surface area (Å²) in [7, 11) is 1.77. The number of hydrogen-bond acceptors (Lipinski definition) is 3. The molecule has 0 bridgehead atoms. The van der Waals surface area contributed by atoms with Gasteiger partial charge in [0.25, 0.3) is 0 Å². The summed E-state index contributed by atoms with van der Waals surface area (Å²) in [6.45, 7) is 0.546. The lowest BCUT2D eigenvalue weighted by molar-refractivity contribution is 0.572. The van der Waals surface area contributed by atoms with Gasteiger partial charge < -0.3 is 15.1 Å². The molecule has 2 aromatic carbocycles. The van der Waals surface area contributed by atoms with Gasteiger partial charge in [0.2, 0.25) is 5.89 Å². The standard InChI is InChI=1S/C21H21ClN4O.HI/c1-23-21(26-19-11-18(19)15-8-5-9-16(22)10-15)24-12-17-13-27-20(25-17)14-6-3-2-4-7-14;/h2-10,13,18-19H,11-12H2,1H3,(H2,23,24,26);1H. The first-order valence-electron chi connectivity index (χ1n) is 8.95. The summed E-state index contributed by atoms with van der Waals surface area (Å²) in [5, 5.41) is 7.53. The Kier molecular flexibility index (Phi) is 6.96. The average molecular weight is 509 g/mol. The van der Waals surface area contributed by atoms with Crippen LogP contribution in [-0.2, 0) is 6.54 Å². The lowest BCUT2D eigenvalue weighted by Crippen LogP contribution is -2.38. The number of nitrogens with one attached hydrogen (secondary N) is 2. The van der Waals surface area contributed by atoms with Crippen LogP contribution in [0.5, 0.6) is 0 Å². The molecule has 28 heavy (non-hydrogen) atoms. The second-order valence-corrected chi connectivity index (χ2v) is 7.02. The monoisotopic (exact) mass is 508 g/mol. The van der Waals surface area contributed by atoms with Crippen LogP contribution in [0.2, 0.25) is 5.02 Å². The van der Waals surface area contributed by atoms with Crippen molar-refractivity contribution in [3.63, 3.8) is 0 Å². The third-order valence-corrected chi connectivity index (χ3v) is 4.86. The molecule has 1 saturated carbocycles. The summed E-state index contributed by atoms with van der Waals surface area (Å²) in [5.41, 5.74) is 3.06. The SMILES string of the molecule is CN=C(NCc1coc(-c2ccccc2)n1)NC1CC1c1cccc(Cl)c1.I. The van der Waals surface area contributed by atoms with E-state index in [0.29, 0.717) is 24.4 Å². The van der Waals surface area contributed by atoms with E-state index in [4.69, 9.17) is 16.0 Å². The summed E-state index contributed by atoms with van der Waals surface area (Å²) < 4.78 is 5.57. The zero-order valence-corrected chi connectivity index (χ0v) is 18.5. The van der Waals surface area contributed by atoms with E-state index in [1.165, 1.54) is 5.56 Å². The molecular formula is C21H22ClIN4O. The summed E-state index contributed by atoms with van der Waals surface area (Å²) in [6, 6.07) is 18.3. The molecule has 2 N–H and O–H groups in total. The Hall–Kier alpha value is -2.06. The van der Waals surface area contributed by atoms with Gasteiger partial charge in [-0.25, -0.2) is 4.98 Å². The third kappa shape index (κ3) is 5.05. The van der Waals surface area contributed by atoms with Gasteiger partial charge in [0, 0.05) is 29.6 Å². The second kappa shape index (κ2) is 9.43. The zero-order valence-electron chi connectivity index (χ0n) is 15.4. The molecule has 0 amide bonds. The number of halogens is 2. The maximum atomic E-state index is 6.09. The van der Waals surface area contributed by atoms with E-state index in [-0.39, 0.29) is 24.0 Å². The first kappa shape index (κ1) is 20.7. The quantitative estimate of drug-likeness (QED) is 0.294. The normalized spacial score (nSPS) is 18.3. The number of oxazole rings is 1. The molecule has 7 heteroatoms. The highest BCUT2D eigenvalue weighted by Crippen LogP contribution is 2.41. The van der Waals surface area contributed by atoms with Gasteiger partial charge in [-0.05, 0) is 36.2 Å². The molecule has 1 aliphatic carbocycles. The van der Waals surface area contributed by atoms with Crippen LogP contribution in [0.4, 0.5) is 0 Å². The molecule has 2 atom stereocenters. The van der Waals surface area contributed by atoms with E-state index in [1.54, 1.807) is 13.3 Å². The number of guanidine groups is 1. The van der Waals surface area contributed by atoms with Crippen LogP contribution in [0.25, 0.3) is 11.5 Å². The lowest BCUT2D eigenvalue weighted by Gasteiger charge is -2.10. The topological polar surface area (TPSA) is 62.5 Å². The van der Waals surface area contributed by atoms with E-state index >= 15 is 0 Å². The third-order valence-electron chi connectivity index (χ3n) is 4.62. The minimum atomic E-state index is 0. The minimum Gasteiger partial charge on any atom is -0.444 e. The molecule has 2 unspecified atom stereocenters. The van der Waals surface area contributed by atoms with Crippen LogP contribution in [-0.4, -0.2) is 24.0 Å². The first-order chi connectivity index (χ1) is 13.2. The van der Waals surface area contributed by atoms with Gasteiger partial charge in [0.1, 0.15) is 6.26 Å². The molecule has 1 aromatic heterocycles. The Morgan fingerprint density at radius 2 is 2.04 bits per heavy atom. The Morgan fingerprint density at radius 1 is 1.21 bits per heavy atom. The van der Waals surface area contributed by atoms with E-state index < -0.39 is 0 Å². The highest BCUT2D eigenvalue weighted by molar-refractivity contribution is 14.0. The van der Waals surface area contributed by atoms with Crippen LogP contribution in [0.15, 0.2) is 70.3 Å². The predicted molar refractivity (Wildman–Crippen MR) is 123 cm³/mol. The second-order valence-electron chi connectivity index (χ2n) is 6.58. The lowest BCUT2D eigenvalue weighted by atomic mass is 10.1. The van der Waals surface area contributed by atoms with Gasteiger partial charge in [-0.15, -0.1) is 24.0 Å². The molecule has 0 spiro atoms. The molecule has 3 aromatic rings. The molecule has 4 rings (SSSR count). The van der Waals surface area contributed by atoms with Crippen LogP contribution >= 0.6 is 35.6 Å². The number of rotatable bonds is 5. The van der Waals surface area contributed by atoms with Gasteiger partial charge in [0.15, 0.2) is 5.96 Å². The molecule has 146 valence electrons. The number of aromatic nitrogens is 1. The number of aliphatic imine (C=N–C) groups is 1. The van der Waals surface area contributed by atoms with Crippen molar-refractivity contribution in [1.82, 2.24) is 15.6 Å². The van der Waals surface area contributed by atoms with Crippen molar-refractivity contribution in [3.8, 4) is 11.5 Å². The molecule has 1 fully saturated rings. The van der Waals surface area contributed by atoms with Crippen molar-refractivity contribution in [1.29, 1.82) is 0 Å². The minimum absolute atomic E-state index is 0. The number of benzene rings is 2. The summed E-state index contributed by atoms with van der Waals surface area (Å²) in [6.07, 6.45) is 2.75. The van der Waals surface area contributed by atoms with Crippen molar-refractivity contribution >= 4 is 41.5 Å². The maximum Gasteiger partial charge on any atom is 0.226 e. The van der Waals surface area contributed by atoms with Crippen molar-refractivity contribution < 1.29 is 4.42 Å². The molecule has 1 heterocycles. The van der Waals surface area contributed by atoms with Gasteiger partial charge in [-0.3, -0.25) is 4.99 Å². The van der Waals surface area contributed by atoms with Gasteiger partial charge in [-0.2, -0.15) is 0 Å². The van der Waals surface area contributed by atoms with Crippen molar-refractivity contribution in [2.45, 2.75) is 24.9 Å². The molecule has 1 aliphatic rings. The molecule has 0 saturated heterocycles. The van der Waals surface area contributed by atoms with Gasteiger partial charge in [-0.1, -0.05) is 41.9 Å². The van der Waals surface area contributed by atoms with Gasteiger partial charge in [0.05, 0.1) is 12.2 Å². The molecular weight excluding hydrogens is 487 g/mol. The average Bonchev–Trinajstić information content (AvgIpc) is 3.31. The fourth-order valence-electron chi connectivity index (χ4n) is 3.11. The Balaban J connectivity index is 0.00000225. The highest BCUT2D eigenvalue weighted by atomic mass is 127. The van der Waals surface area contributed by atoms with E-state index in [2.05, 4.69) is 26.7 Å². The van der Waals surface area contributed by atoms with E-state index in [0.717, 1.165) is 28.7 Å². The zero-order chi connectivity index (χ0) is 18.6. The summed E-state index contributed by atoms with van der Waals surface area (Å²) in [5.74, 6) is 1.85. The van der Waals surface area contributed by atoms with E-state index in [9.17, 15) is 0 Å². The fraction of sp³-hybridized carbons (Fsp3) is 0.238. The Labute approximate surface area is 186 Å². The Bertz CT molecular complexity index is 944. The maximum absolute atomic E-state index is 6.09. The van der Waals surface area contributed by atoms with Crippen LogP contribution in [0, 0.1) is 0 Å². The number of nitrogens with zero attached hydrogens (tertiary/aromatic N) is 2. The Morgan fingerprint density at radius 3 is 2.79 bits per heavy atom. The molecule has 5 nitrogen and oxygen atoms in total. The van der Waals surface area contributed by atoms with Crippen molar-refractivity contribution in [2.75, 3.05) is 7.05 Å². The summed E-state index contributed by atoms with van der Waals surface area (Å²) in [4.78, 5) is 8.83.